The van der Waals surface area contributed by atoms with E-state index >= 15 is 0 Å². The van der Waals surface area contributed by atoms with Crippen LogP contribution in [-0.2, 0) is 12.7 Å². The van der Waals surface area contributed by atoms with Gasteiger partial charge in [0.2, 0.25) is 0 Å². The van der Waals surface area contributed by atoms with Crippen LogP contribution in [-0.4, -0.2) is 45.7 Å². The van der Waals surface area contributed by atoms with E-state index in [-0.39, 0.29) is 41.6 Å². The molecule has 1 atom stereocenters. The van der Waals surface area contributed by atoms with Gasteiger partial charge in [-0.15, -0.1) is 23.7 Å². The van der Waals surface area contributed by atoms with E-state index in [1.165, 1.54) is 11.9 Å². The summed E-state index contributed by atoms with van der Waals surface area (Å²) in [4.78, 5) is 17.3. The lowest BCUT2D eigenvalue weighted by molar-refractivity contribution is -0.140. The summed E-state index contributed by atoms with van der Waals surface area (Å²) in [5.74, 6) is -0.341. The molecule has 26 heavy (non-hydrogen) atoms. The van der Waals surface area contributed by atoms with Crippen LogP contribution in [0.25, 0.3) is 0 Å². The summed E-state index contributed by atoms with van der Waals surface area (Å²) in [7, 11) is 1.53. The lowest BCUT2D eigenvalue weighted by Crippen LogP contribution is -2.32. The second-order valence-electron chi connectivity index (χ2n) is 5.97. The SMILES string of the molecule is CN(Cc1nc(C(F)(F)F)cs1)C(=O)c1ccn(C2CCCNC2)n1.Cl. The second kappa shape index (κ2) is 8.36. The molecular weight excluding hydrogens is 391 g/mol. The van der Waals surface area contributed by atoms with Crippen molar-refractivity contribution in [3.8, 4) is 0 Å². The molecule has 1 unspecified atom stereocenters. The fraction of sp³-hybridized carbons (Fsp3) is 0.533. The van der Waals surface area contributed by atoms with E-state index < -0.39 is 11.9 Å². The average Bonchev–Trinajstić information content (AvgIpc) is 3.24. The molecule has 0 saturated carbocycles. The van der Waals surface area contributed by atoms with E-state index in [9.17, 15) is 18.0 Å². The minimum Gasteiger partial charge on any atom is -0.334 e. The summed E-state index contributed by atoms with van der Waals surface area (Å²) < 4.78 is 39.5. The summed E-state index contributed by atoms with van der Waals surface area (Å²) in [6.45, 7) is 1.81. The minimum absolute atomic E-state index is 0. The van der Waals surface area contributed by atoms with Gasteiger partial charge in [0, 0.05) is 25.2 Å². The van der Waals surface area contributed by atoms with Crippen LogP contribution < -0.4 is 5.32 Å². The monoisotopic (exact) mass is 409 g/mol. The van der Waals surface area contributed by atoms with Gasteiger partial charge in [0.05, 0.1) is 12.6 Å². The maximum Gasteiger partial charge on any atom is 0.434 e. The number of hydrogen-bond acceptors (Lipinski definition) is 5. The predicted molar refractivity (Wildman–Crippen MR) is 93.5 cm³/mol. The number of aromatic nitrogens is 3. The molecular formula is C15H19ClF3N5OS. The fourth-order valence-corrected chi connectivity index (χ4v) is 3.55. The lowest BCUT2D eigenvalue weighted by Gasteiger charge is -2.23. The second-order valence-corrected chi connectivity index (χ2v) is 6.91. The Morgan fingerprint density at radius 3 is 2.88 bits per heavy atom. The Morgan fingerprint density at radius 1 is 1.50 bits per heavy atom. The Kier molecular flexibility index (Phi) is 6.64. The largest absolute Gasteiger partial charge is 0.434 e. The number of nitrogens with zero attached hydrogens (tertiary/aromatic N) is 4. The molecule has 0 radical (unpaired) electrons. The zero-order valence-electron chi connectivity index (χ0n) is 14.0. The van der Waals surface area contributed by atoms with Crippen molar-refractivity contribution in [2.75, 3.05) is 20.1 Å². The van der Waals surface area contributed by atoms with Crippen LogP contribution in [0.2, 0.25) is 0 Å². The molecule has 1 aliphatic rings. The Bertz CT molecular complexity index is 742. The van der Waals surface area contributed by atoms with Crippen molar-refractivity contribution >= 4 is 29.7 Å². The summed E-state index contributed by atoms with van der Waals surface area (Å²) in [6.07, 6.45) is -0.648. The van der Waals surface area contributed by atoms with Crippen LogP contribution in [0.15, 0.2) is 17.6 Å². The summed E-state index contributed by atoms with van der Waals surface area (Å²) in [5, 5.41) is 8.81. The number of rotatable bonds is 4. The molecule has 0 aliphatic carbocycles. The van der Waals surface area contributed by atoms with Gasteiger partial charge >= 0.3 is 6.18 Å². The molecule has 1 amide bonds. The van der Waals surface area contributed by atoms with Gasteiger partial charge in [-0.1, -0.05) is 0 Å². The zero-order chi connectivity index (χ0) is 18.0. The molecule has 3 rings (SSSR count). The lowest BCUT2D eigenvalue weighted by atomic mass is 10.1. The van der Waals surface area contributed by atoms with Gasteiger partial charge in [-0.2, -0.15) is 18.3 Å². The van der Waals surface area contributed by atoms with Gasteiger partial charge in [-0.05, 0) is 25.5 Å². The van der Waals surface area contributed by atoms with E-state index in [0.717, 1.165) is 42.6 Å². The van der Waals surface area contributed by atoms with Gasteiger partial charge < -0.3 is 10.2 Å². The number of hydrogen-bond donors (Lipinski definition) is 1. The van der Waals surface area contributed by atoms with Crippen molar-refractivity contribution in [3.63, 3.8) is 0 Å². The normalized spacial score (nSPS) is 17.6. The van der Waals surface area contributed by atoms with Crippen LogP contribution >= 0.6 is 23.7 Å². The third-order valence-corrected chi connectivity index (χ3v) is 4.87. The number of carbonyl (C=O) groups excluding carboxylic acids is 1. The highest BCUT2D eigenvalue weighted by Gasteiger charge is 2.34. The molecule has 144 valence electrons. The van der Waals surface area contributed by atoms with E-state index in [1.807, 2.05) is 0 Å². The van der Waals surface area contributed by atoms with Crippen LogP contribution in [0, 0.1) is 0 Å². The summed E-state index contributed by atoms with van der Waals surface area (Å²) in [6, 6.07) is 1.85. The number of alkyl halides is 3. The highest BCUT2D eigenvalue weighted by Crippen LogP contribution is 2.30. The molecule has 1 aliphatic heterocycles. The van der Waals surface area contributed by atoms with Crippen LogP contribution in [0.5, 0.6) is 0 Å². The summed E-state index contributed by atoms with van der Waals surface area (Å²) >= 11 is 0.886. The smallest absolute Gasteiger partial charge is 0.334 e. The highest BCUT2D eigenvalue weighted by molar-refractivity contribution is 7.09. The zero-order valence-corrected chi connectivity index (χ0v) is 15.6. The van der Waals surface area contributed by atoms with Gasteiger partial charge in [0.15, 0.2) is 5.69 Å². The van der Waals surface area contributed by atoms with Crippen molar-refractivity contribution in [3.05, 3.63) is 34.0 Å². The number of nitrogens with one attached hydrogen (secondary N) is 1. The molecule has 2 aromatic heterocycles. The molecule has 6 nitrogen and oxygen atoms in total. The molecule has 1 saturated heterocycles. The number of thiazole rings is 1. The molecule has 11 heteroatoms. The number of halogens is 4. The van der Waals surface area contributed by atoms with E-state index in [4.69, 9.17) is 0 Å². The van der Waals surface area contributed by atoms with Gasteiger partial charge in [0.1, 0.15) is 10.7 Å². The van der Waals surface area contributed by atoms with Crippen molar-refractivity contribution in [2.45, 2.75) is 31.6 Å². The van der Waals surface area contributed by atoms with E-state index in [0.29, 0.717) is 0 Å². The highest BCUT2D eigenvalue weighted by atomic mass is 35.5. The van der Waals surface area contributed by atoms with Crippen LogP contribution in [0.4, 0.5) is 13.2 Å². The maximum absolute atomic E-state index is 12.6. The third kappa shape index (κ3) is 4.74. The molecule has 0 bridgehead atoms. The molecule has 2 aromatic rings. The number of piperidine rings is 1. The van der Waals surface area contributed by atoms with E-state index in [2.05, 4.69) is 15.4 Å². The molecule has 1 N–H and O–H groups in total. The summed E-state index contributed by atoms with van der Waals surface area (Å²) in [5.41, 5.74) is -0.650. The van der Waals surface area contributed by atoms with Crippen LogP contribution in [0.3, 0.4) is 0 Å². The average molecular weight is 410 g/mol. The molecule has 0 aromatic carbocycles. The predicted octanol–water partition coefficient (Wildman–Crippen LogP) is 2.98. The van der Waals surface area contributed by atoms with Gasteiger partial charge in [-0.3, -0.25) is 9.48 Å². The molecule has 3 heterocycles. The number of carbonyl (C=O) groups is 1. The van der Waals surface area contributed by atoms with Gasteiger partial charge in [-0.25, -0.2) is 4.98 Å². The van der Waals surface area contributed by atoms with Crippen molar-refractivity contribution < 1.29 is 18.0 Å². The standard InChI is InChI=1S/C15H18F3N5OS.ClH/c1-22(8-13-20-12(9-25-13)15(16,17)18)14(24)11-4-6-23(21-11)10-3-2-5-19-7-10;/h4,6,9-10,19H,2-3,5,7-8H2,1H3;1H. The molecule has 0 spiro atoms. The Labute approximate surface area is 158 Å². The first-order valence-electron chi connectivity index (χ1n) is 7.87. The van der Waals surface area contributed by atoms with Gasteiger partial charge in [0.25, 0.3) is 5.91 Å². The van der Waals surface area contributed by atoms with Crippen molar-refractivity contribution in [1.82, 2.24) is 25.0 Å². The van der Waals surface area contributed by atoms with Crippen LogP contribution in [0.1, 0.15) is 40.1 Å². The van der Waals surface area contributed by atoms with Crippen molar-refractivity contribution in [2.24, 2.45) is 0 Å². The van der Waals surface area contributed by atoms with E-state index in [1.54, 1.807) is 16.9 Å². The minimum atomic E-state index is -4.47. The quantitative estimate of drug-likeness (QED) is 0.843. The first-order chi connectivity index (χ1) is 11.8. The fourth-order valence-electron chi connectivity index (χ4n) is 2.70. The Morgan fingerprint density at radius 2 is 2.27 bits per heavy atom. The topological polar surface area (TPSA) is 63.1 Å². The first-order valence-corrected chi connectivity index (χ1v) is 8.75. The third-order valence-electron chi connectivity index (χ3n) is 4.03. The Hall–Kier alpha value is -1.65. The van der Waals surface area contributed by atoms with Crippen molar-refractivity contribution in [1.29, 1.82) is 0 Å². The first kappa shape index (κ1) is 20.7. The molecule has 1 fully saturated rings. The number of amides is 1. The Balaban J connectivity index is 0.00000243. The maximum atomic E-state index is 12.6.